The van der Waals surface area contributed by atoms with Crippen molar-refractivity contribution in [3.05, 3.63) is 62.8 Å². The number of rotatable bonds is 4. The summed E-state index contributed by atoms with van der Waals surface area (Å²) in [4.78, 5) is 8.28. The van der Waals surface area contributed by atoms with Crippen LogP contribution in [0.15, 0.2) is 42.7 Å². The van der Waals surface area contributed by atoms with Crippen molar-refractivity contribution in [2.24, 2.45) is 0 Å². The summed E-state index contributed by atoms with van der Waals surface area (Å²) in [7, 11) is 0. The highest BCUT2D eigenvalue weighted by Gasteiger charge is 2.12. The molecule has 128 valence electrons. The molecule has 0 saturated heterocycles. The summed E-state index contributed by atoms with van der Waals surface area (Å²) in [5.74, 6) is 0.770. The van der Waals surface area contributed by atoms with Gasteiger partial charge in [-0.2, -0.15) is 0 Å². The molecule has 5 nitrogen and oxygen atoms in total. The third-order valence-corrected chi connectivity index (χ3v) is 4.64. The lowest BCUT2D eigenvalue weighted by Crippen LogP contribution is -2.05. The second kappa shape index (κ2) is 7.54. The van der Waals surface area contributed by atoms with Crippen molar-refractivity contribution in [2.45, 2.75) is 0 Å². The van der Waals surface area contributed by atoms with Crippen LogP contribution >= 0.6 is 46.4 Å². The average molecular weight is 415 g/mol. The molecular weight excluding hydrogens is 404 g/mol. The molecule has 0 fully saturated rings. The number of nitrogens with two attached hydrogens (primary N) is 1. The first kappa shape index (κ1) is 17.9. The standard InChI is InChI=1S/C16H11Cl4N5/c17-8-4-5-11(10(19)6-8)24-15-14(21)16(23-7-22-15)25-12-3-1-2-9(18)13(12)20/h1-7H,21H2,(H2,22,23,24,25). The molecule has 25 heavy (non-hydrogen) atoms. The fourth-order valence-electron chi connectivity index (χ4n) is 2.04. The van der Waals surface area contributed by atoms with Crippen LogP contribution in [0.5, 0.6) is 0 Å². The molecule has 0 aliphatic heterocycles. The second-order valence-electron chi connectivity index (χ2n) is 4.96. The smallest absolute Gasteiger partial charge is 0.159 e. The van der Waals surface area contributed by atoms with Crippen LogP contribution in [-0.2, 0) is 0 Å². The molecular formula is C16H11Cl4N5. The number of nitrogens with zero attached hydrogens (tertiary/aromatic N) is 2. The monoisotopic (exact) mass is 413 g/mol. The Kier molecular flexibility index (Phi) is 5.39. The predicted molar refractivity (Wildman–Crippen MR) is 106 cm³/mol. The van der Waals surface area contributed by atoms with Crippen LogP contribution in [0.1, 0.15) is 0 Å². The Hall–Kier alpha value is -1.92. The molecule has 3 rings (SSSR count). The number of benzene rings is 2. The van der Waals surface area contributed by atoms with Crippen LogP contribution in [0.25, 0.3) is 0 Å². The van der Waals surface area contributed by atoms with E-state index in [1.807, 2.05) is 0 Å². The van der Waals surface area contributed by atoms with Crippen molar-refractivity contribution < 1.29 is 0 Å². The van der Waals surface area contributed by atoms with E-state index >= 15 is 0 Å². The molecule has 0 radical (unpaired) electrons. The molecule has 2 aromatic carbocycles. The number of nitrogen functional groups attached to an aromatic ring is 1. The normalized spacial score (nSPS) is 10.6. The van der Waals surface area contributed by atoms with Crippen LogP contribution < -0.4 is 16.4 Å². The Morgan fingerprint density at radius 2 is 1.48 bits per heavy atom. The first-order valence-electron chi connectivity index (χ1n) is 6.99. The Bertz CT molecular complexity index is 932. The average Bonchev–Trinajstić information content (AvgIpc) is 2.57. The van der Waals surface area contributed by atoms with E-state index in [1.165, 1.54) is 6.33 Å². The van der Waals surface area contributed by atoms with Gasteiger partial charge < -0.3 is 16.4 Å². The number of aromatic nitrogens is 2. The van der Waals surface area contributed by atoms with Gasteiger partial charge in [-0.3, -0.25) is 0 Å². The van der Waals surface area contributed by atoms with Gasteiger partial charge in [-0.25, -0.2) is 9.97 Å². The van der Waals surface area contributed by atoms with E-state index in [0.717, 1.165) is 0 Å². The molecule has 0 atom stereocenters. The lowest BCUT2D eigenvalue weighted by atomic mass is 10.3. The first-order chi connectivity index (χ1) is 12.0. The second-order valence-corrected chi connectivity index (χ2v) is 6.59. The SMILES string of the molecule is Nc1c(Nc2ccc(Cl)cc2Cl)ncnc1Nc1cccc(Cl)c1Cl. The highest BCUT2D eigenvalue weighted by molar-refractivity contribution is 6.43. The van der Waals surface area contributed by atoms with Gasteiger partial charge in [0, 0.05) is 5.02 Å². The third-order valence-electron chi connectivity index (χ3n) is 3.27. The van der Waals surface area contributed by atoms with E-state index < -0.39 is 0 Å². The molecule has 0 aliphatic rings. The minimum absolute atomic E-state index is 0.296. The van der Waals surface area contributed by atoms with E-state index in [9.17, 15) is 0 Å². The summed E-state index contributed by atoms with van der Waals surface area (Å²) < 4.78 is 0. The van der Waals surface area contributed by atoms with E-state index in [2.05, 4.69) is 20.6 Å². The molecule has 4 N–H and O–H groups in total. The molecule has 0 bridgehead atoms. The molecule has 0 spiro atoms. The lowest BCUT2D eigenvalue weighted by molar-refractivity contribution is 1.17. The first-order valence-corrected chi connectivity index (χ1v) is 8.50. The van der Waals surface area contributed by atoms with E-state index in [1.54, 1.807) is 36.4 Å². The molecule has 0 aliphatic carbocycles. The molecule has 9 heteroatoms. The molecule has 0 amide bonds. The molecule has 0 unspecified atom stereocenters. The predicted octanol–water partition coefficient (Wildman–Crippen LogP) is 6.16. The van der Waals surface area contributed by atoms with Crippen molar-refractivity contribution in [3.8, 4) is 0 Å². The van der Waals surface area contributed by atoms with Crippen molar-refractivity contribution in [1.82, 2.24) is 9.97 Å². The van der Waals surface area contributed by atoms with Crippen LogP contribution in [0.2, 0.25) is 20.1 Å². The summed E-state index contributed by atoms with van der Waals surface area (Å²) in [5, 5.41) is 7.87. The quantitative estimate of drug-likeness (QED) is 0.476. The zero-order chi connectivity index (χ0) is 18.0. The van der Waals surface area contributed by atoms with Crippen molar-refractivity contribution >= 4 is 75.1 Å². The van der Waals surface area contributed by atoms with Crippen molar-refractivity contribution in [1.29, 1.82) is 0 Å². The van der Waals surface area contributed by atoms with Gasteiger partial charge in [0.15, 0.2) is 11.6 Å². The number of hydrogen-bond donors (Lipinski definition) is 3. The molecule has 0 saturated carbocycles. The number of anilines is 5. The Morgan fingerprint density at radius 3 is 2.16 bits per heavy atom. The third kappa shape index (κ3) is 4.02. The highest BCUT2D eigenvalue weighted by Crippen LogP contribution is 2.35. The number of hydrogen-bond acceptors (Lipinski definition) is 5. The van der Waals surface area contributed by atoms with Gasteiger partial charge in [0.05, 0.1) is 26.4 Å². The molecule has 1 heterocycles. The fourth-order valence-corrected chi connectivity index (χ4v) is 2.84. The topological polar surface area (TPSA) is 75.9 Å². The lowest BCUT2D eigenvalue weighted by Gasteiger charge is -2.14. The Balaban J connectivity index is 1.91. The van der Waals surface area contributed by atoms with E-state index in [0.29, 0.717) is 48.8 Å². The number of halogens is 4. The van der Waals surface area contributed by atoms with Gasteiger partial charge in [0.25, 0.3) is 0 Å². The molecule has 3 aromatic rings. The maximum absolute atomic E-state index is 6.18. The maximum Gasteiger partial charge on any atom is 0.159 e. The Labute approximate surface area is 164 Å². The zero-order valence-electron chi connectivity index (χ0n) is 12.5. The van der Waals surface area contributed by atoms with Crippen LogP contribution in [0, 0.1) is 0 Å². The van der Waals surface area contributed by atoms with Gasteiger partial charge in [0.2, 0.25) is 0 Å². The minimum Gasteiger partial charge on any atom is -0.393 e. The zero-order valence-corrected chi connectivity index (χ0v) is 15.5. The largest absolute Gasteiger partial charge is 0.393 e. The fraction of sp³-hybridized carbons (Fsp3) is 0. The van der Waals surface area contributed by atoms with Gasteiger partial charge in [-0.15, -0.1) is 0 Å². The van der Waals surface area contributed by atoms with Crippen LogP contribution in [0.4, 0.5) is 28.7 Å². The van der Waals surface area contributed by atoms with E-state index in [4.69, 9.17) is 52.1 Å². The molecule has 1 aromatic heterocycles. The van der Waals surface area contributed by atoms with Gasteiger partial charge in [-0.1, -0.05) is 52.5 Å². The summed E-state index contributed by atoms with van der Waals surface area (Å²) in [6.07, 6.45) is 1.36. The van der Waals surface area contributed by atoms with Crippen LogP contribution in [0.3, 0.4) is 0 Å². The summed E-state index contributed by atoms with van der Waals surface area (Å²) in [6.45, 7) is 0. The van der Waals surface area contributed by atoms with Crippen molar-refractivity contribution in [3.63, 3.8) is 0 Å². The van der Waals surface area contributed by atoms with Crippen LogP contribution in [-0.4, -0.2) is 9.97 Å². The van der Waals surface area contributed by atoms with Gasteiger partial charge in [0.1, 0.15) is 12.0 Å². The van der Waals surface area contributed by atoms with Gasteiger partial charge >= 0.3 is 0 Å². The number of nitrogens with one attached hydrogen (secondary N) is 2. The van der Waals surface area contributed by atoms with E-state index in [-0.39, 0.29) is 0 Å². The summed E-state index contributed by atoms with van der Waals surface area (Å²) in [5.41, 5.74) is 7.64. The summed E-state index contributed by atoms with van der Waals surface area (Å²) >= 11 is 24.3. The van der Waals surface area contributed by atoms with Crippen molar-refractivity contribution in [2.75, 3.05) is 16.4 Å². The Morgan fingerprint density at radius 1 is 0.800 bits per heavy atom. The van der Waals surface area contributed by atoms with Gasteiger partial charge in [-0.05, 0) is 30.3 Å². The highest BCUT2D eigenvalue weighted by atomic mass is 35.5. The summed E-state index contributed by atoms with van der Waals surface area (Å²) in [6, 6.07) is 10.3. The maximum atomic E-state index is 6.18. The minimum atomic E-state index is 0.296.